The average Bonchev–Trinajstić information content (AvgIpc) is 2.39. The molecule has 106 valence electrons. The van der Waals surface area contributed by atoms with Gasteiger partial charge in [-0.1, -0.05) is 19.4 Å². The molecule has 4 N–H and O–H groups in total. The van der Waals surface area contributed by atoms with Crippen molar-refractivity contribution in [3.8, 4) is 0 Å². The summed E-state index contributed by atoms with van der Waals surface area (Å²) in [4.78, 5) is 4.21. The van der Waals surface area contributed by atoms with Crippen LogP contribution in [-0.4, -0.2) is 25.6 Å². The van der Waals surface area contributed by atoms with Crippen LogP contribution in [0.2, 0.25) is 0 Å². The molecular weight excluding hydrogens is 243 g/mol. The Morgan fingerprint density at radius 2 is 2.16 bits per heavy atom. The van der Waals surface area contributed by atoms with E-state index in [1.165, 1.54) is 12.1 Å². The van der Waals surface area contributed by atoms with Gasteiger partial charge in [-0.25, -0.2) is 4.39 Å². The highest BCUT2D eigenvalue weighted by molar-refractivity contribution is 5.77. The molecule has 1 rings (SSSR count). The zero-order chi connectivity index (χ0) is 13.9. The van der Waals surface area contributed by atoms with Crippen molar-refractivity contribution in [1.29, 1.82) is 0 Å². The minimum absolute atomic E-state index is 0.229. The molecular formula is C14H23FN4. The van der Waals surface area contributed by atoms with Crippen molar-refractivity contribution in [1.82, 2.24) is 5.32 Å². The van der Waals surface area contributed by atoms with Crippen LogP contribution in [0, 0.1) is 5.82 Å². The Morgan fingerprint density at radius 3 is 2.89 bits per heavy atom. The number of anilines is 1. The van der Waals surface area contributed by atoms with Gasteiger partial charge in [0, 0.05) is 25.3 Å². The molecule has 0 bridgehead atoms. The van der Waals surface area contributed by atoms with Gasteiger partial charge in [-0.05, 0) is 31.0 Å². The molecule has 0 radical (unpaired) electrons. The first kappa shape index (κ1) is 15.3. The molecule has 4 nitrogen and oxygen atoms in total. The quantitative estimate of drug-likeness (QED) is 0.384. The summed E-state index contributed by atoms with van der Waals surface area (Å²) < 4.78 is 12.9. The number of halogens is 1. The zero-order valence-electron chi connectivity index (χ0n) is 11.5. The van der Waals surface area contributed by atoms with Crippen LogP contribution in [0.3, 0.4) is 0 Å². The molecule has 0 saturated heterocycles. The van der Waals surface area contributed by atoms with E-state index >= 15 is 0 Å². The monoisotopic (exact) mass is 266 g/mol. The van der Waals surface area contributed by atoms with Crippen molar-refractivity contribution in [2.75, 3.05) is 25.0 Å². The molecule has 0 atom stereocenters. The smallest absolute Gasteiger partial charge is 0.188 e. The van der Waals surface area contributed by atoms with Crippen molar-refractivity contribution in [3.05, 3.63) is 30.1 Å². The second-order valence-corrected chi connectivity index (χ2v) is 4.34. The van der Waals surface area contributed by atoms with Crippen LogP contribution in [0.5, 0.6) is 0 Å². The van der Waals surface area contributed by atoms with Crippen molar-refractivity contribution in [2.45, 2.75) is 26.2 Å². The molecule has 19 heavy (non-hydrogen) atoms. The lowest BCUT2D eigenvalue weighted by Gasteiger charge is -2.06. The molecule has 1 aromatic carbocycles. The number of rotatable bonds is 8. The fourth-order valence-corrected chi connectivity index (χ4v) is 1.56. The van der Waals surface area contributed by atoms with E-state index in [1.807, 2.05) is 6.07 Å². The lowest BCUT2D eigenvalue weighted by Crippen LogP contribution is -2.32. The fourth-order valence-electron chi connectivity index (χ4n) is 1.56. The number of nitrogens with one attached hydrogen (secondary N) is 2. The van der Waals surface area contributed by atoms with Crippen molar-refractivity contribution in [2.24, 2.45) is 10.7 Å². The van der Waals surface area contributed by atoms with Gasteiger partial charge in [-0.2, -0.15) is 0 Å². The third kappa shape index (κ3) is 7.28. The van der Waals surface area contributed by atoms with Crippen LogP contribution in [0.15, 0.2) is 29.3 Å². The summed E-state index contributed by atoms with van der Waals surface area (Å²) in [6.45, 7) is 4.41. The lowest BCUT2D eigenvalue weighted by atomic mass is 10.3. The summed E-state index contributed by atoms with van der Waals surface area (Å²) in [7, 11) is 0. The second kappa shape index (κ2) is 9.19. The van der Waals surface area contributed by atoms with Gasteiger partial charge in [0.25, 0.3) is 0 Å². The van der Waals surface area contributed by atoms with E-state index in [0.717, 1.165) is 38.0 Å². The third-order valence-electron chi connectivity index (χ3n) is 2.61. The number of nitrogens with zero attached hydrogens (tertiary/aromatic N) is 1. The number of hydrogen-bond acceptors (Lipinski definition) is 2. The molecule has 0 spiro atoms. The summed E-state index contributed by atoms with van der Waals surface area (Å²) in [5.41, 5.74) is 6.49. The first-order chi connectivity index (χ1) is 9.22. The normalized spacial score (nSPS) is 11.4. The van der Waals surface area contributed by atoms with E-state index in [2.05, 4.69) is 22.5 Å². The Bertz CT molecular complexity index is 393. The highest BCUT2D eigenvalue weighted by Crippen LogP contribution is 2.08. The van der Waals surface area contributed by atoms with Crippen LogP contribution in [0.1, 0.15) is 26.2 Å². The van der Waals surface area contributed by atoms with Crippen LogP contribution < -0.4 is 16.4 Å². The predicted octanol–water partition coefficient (Wildman–Crippen LogP) is 2.33. The van der Waals surface area contributed by atoms with Crippen molar-refractivity contribution < 1.29 is 4.39 Å². The van der Waals surface area contributed by atoms with Crippen LogP contribution in [0.4, 0.5) is 10.1 Å². The zero-order valence-corrected chi connectivity index (χ0v) is 11.5. The van der Waals surface area contributed by atoms with E-state index in [4.69, 9.17) is 5.73 Å². The topological polar surface area (TPSA) is 62.4 Å². The second-order valence-electron chi connectivity index (χ2n) is 4.34. The van der Waals surface area contributed by atoms with Gasteiger partial charge in [-0.3, -0.25) is 4.99 Å². The van der Waals surface area contributed by atoms with Gasteiger partial charge in [0.05, 0.1) is 0 Å². The van der Waals surface area contributed by atoms with Crippen LogP contribution >= 0.6 is 0 Å². The van der Waals surface area contributed by atoms with Gasteiger partial charge in [0.15, 0.2) is 5.96 Å². The van der Waals surface area contributed by atoms with E-state index in [1.54, 1.807) is 6.07 Å². The molecule has 0 saturated carbocycles. The third-order valence-corrected chi connectivity index (χ3v) is 2.61. The van der Waals surface area contributed by atoms with Crippen LogP contribution in [0.25, 0.3) is 0 Å². The van der Waals surface area contributed by atoms with Gasteiger partial charge < -0.3 is 16.4 Å². The fraction of sp³-hybridized carbons (Fsp3) is 0.500. The molecule has 0 amide bonds. The predicted molar refractivity (Wildman–Crippen MR) is 78.9 cm³/mol. The summed E-state index contributed by atoms with van der Waals surface area (Å²) in [6.07, 6.45) is 3.09. The molecule has 0 aliphatic carbocycles. The van der Waals surface area contributed by atoms with Gasteiger partial charge in [-0.15, -0.1) is 0 Å². The maximum Gasteiger partial charge on any atom is 0.188 e. The summed E-state index contributed by atoms with van der Waals surface area (Å²) in [6, 6.07) is 6.43. The first-order valence-corrected chi connectivity index (χ1v) is 6.75. The number of nitrogens with two attached hydrogens (primary N) is 1. The van der Waals surface area contributed by atoms with E-state index in [-0.39, 0.29) is 5.82 Å². The van der Waals surface area contributed by atoms with Gasteiger partial charge in [0.1, 0.15) is 5.82 Å². The molecule has 0 aromatic heterocycles. The Hall–Kier alpha value is -1.78. The molecule has 0 unspecified atom stereocenters. The standard InChI is InChI=1S/C14H23FN4/c1-2-3-8-18-14(16)19-10-5-9-17-13-7-4-6-12(15)11-13/h4,6-7,11,17H,2-3,5,8-10H2,1H3,(H3,16,18,19). The minimum atomic E-state index is -0.229. The largest absolute Gasteiger partial charge is 0.385 e. The Labute approximate surface area is 114 Å². The van der Waals surface area contributed by atoms with Crippen molar-refractivity contribution in [3.63, 3.8) is 0 Å². The highest BCUT2D eigenvalue weighted by Gasteiger charge is 1.94. The first-order valence-electron chi connectivity index (χ1n) is 6.75. The number of benzene rings is 1. The summed E-state index contributed by atoms with van der Waals surface area (Å²) in [5.74, 6) is 0.270. The molecule has 5 heteroatoms. The maximum atomic E-state index is 12.9. The number of aliphatic imine (C=N–C) groups is 1. The number of hydrogen-bond donors (Lipinski definition) is 3. The molecule has 1 aromatic rings. The number of unbranched alkanes of at least 4 members (excludes halogenated alkanes) is 1. The SMILES string of the molecule is CCCCNC(N)=NCCCNc1cccc(F)c1. The average molecular weight is 266 g/mol. The summed E-state index contributed by atoms with van der Waals surface area (Å²) in [5, 5.41) is 6.20. The van der Waals surface area contributed by atoms with Crippen LogP contribution in [-0.2, 0) is 0 Å². The van der Waals surface area contributed by atoms with Gasteiger partial charge >= 0.3 is 0 Å². The summed E-state index contributed by atoms with van der Waals surface area (Å²) >= 11 is 0. The Kier molecular flexibility index (Phi) is 7.39. The van der Waals surface area contributed by atoms with E-state index in [9.17, 15) is 4.39 Å². The number of guanidine groups is 1. The lowest BCUT2D eigenvalue weighted by molar-refractivity contribution is 0.628. The van der Waals surface area contributed by atoms with E-state index in [0.29, 0.717) is 12.5 Å². The molecule has 0 fully saturated rings. The Morgan fingerprint density at radius 1 is 1.32 bits per heavy atom. The highest BCUT2D eigenvalue weighted by atomic mass is 19.1. The Balaban J connectivity index is 2.12. The molecule has 0 heterocycles. The molecule has 0 aliphatic rings. The maximum absolute atomic E-state index is 12.9. The van der Waals surface area contributed by atoms with Crippen molar-refractivity contribution >= 4 is 11.6 Å². The van der Waals surface area contributed by atoms with Gasteiger partial charge in [0.2, 0.25) is 0 Å². The minimum Gasteiger partial charge on any atom is -0.385 e. The van der Waals surface area contributed by atoms with E-state index < -0.39 is 0 Å². The molecule has 0 aliphatic heterocycles.